The lowest BCUT2D eigenvalue weighted by molar-refractivity contribution is -0.143. The second-order valence-electron chi connectivity index (χ2n) is 14.4. The van der Waals surface area contributed by atoms with E-state index in [4.69, 9.17) is 28.4 Å². The standard InChI is InChI=1S/C39H56FN3O12/c1-38(2,3)54-35(47)29-14-15-31(40)30(24-29)26-43(34(46)32(25-33(44)45)42-37(49)53-27-28-12-8-7-9-13-28)17-11-19-51-21-23-52-22-20-50-18-10-16-41-36(48)55-39(4,5)6/h7-9,12-15,24,32H,10-11,16-23,25-27H2,1-6H3,(H,41,48)(H,42,49)(H,44,45)/t32-/m0/s1. The summed E-state index contributed by atoms with van der Waals surface area (Å²) >= 11 is 0. The highest BCUT2D eigenvalue weighted by molar-refractivity contribution is 5.90. The van der Waals surface area contributed by atoms with Gasteiger partial charge in [0.2, 0.25) is 5.91 Å². The summed E-state index contributed by atoms with van der Waals surface area (Å²) in [6, 6.07) is 10.9. The van der Waals surface area contributed by atoms with Crippen LogP contribution >= 0.6 is 0 Å². The van der Waals surface area contributed by atoms with Crippen molar-refractivity contribution in [2.75, 3.05) is 52.7 Å². The maximum atomic E-state index is 15.1. The fourth-order valence-corrected chi connectivity index (χ4v) is 4.71. The van der Waals surface area contributed by atoms with Crippen molar-refractivity contribution in [2.24, 2.45) is 0 Å². The van der Waals surface area contributed by atoms with E-state index in [1.807, 2.05) is 0 Å². The molecule has 3 amide bonds. The number of esters is 1. The molecule has 0 bridgehead atoms. The summed E-state index contributed by atoms with van der Waals surface area (Å²) in [5.74, 6) is -3.55. The number of halogens is 1. The van der Waals surface area contributed by atoms with Crippen LogP contribution in [0.5, 0.6) is 0 Å². The number of nitrogens with one attached hydrogen (secondary N) is 2. The lowest BCUT2D eigenvalue weighted by atomic mass is 10.1. The van der Waals surface area contributed by atoms with Crippen LogP contribution in [0, 0.1) is 5.82 Å². The van der Waals surface area contributed by atoms with Crippen molar-refractivity contribution in [1.29, 1.82) is 0 Å². The zero-order valence-corrected chi connectivity index (χ0v) is 32.7. The van der Waals surface area contributed by atoms with E-state index >= 15 is 4.39 Å². The van der Waals surface area contributed by atoms with E-state index in [1.54, 1.807) is 71.9 Å². The first-order valence-corrected chi connectivity index (χ1v) is 18.1. The number of amides is 3. The van der Waals surface area contributed by atoms with Crippen LogP contribution in [0.3, 0.4) is 0 Å². The number of carbonyl (C=O) groups is 5. The van der Waals surface area contributed by atoms with Gasteiger partial charge in [-0.05, 0) is 78.1 Å². The average Bonchev–Trinajstić information content (AvgIpc) is 3.09. The second kappa shape index (κ2) is 23.9. The van der Waals surface area contributed by atoms with Gasteiger partial charge in [-0.2, -0.15) is 0 Å². The Labute approximate surface area is 322 Å². The van der Waals surface area contributed by atoms with Crippen LogP contribution in [0.25, 0.3) is 0 Å². The summed E-state index contributed by atoms with van der Waals surface area (Å²) in [5.41, 5.74) is -0.644. The van der Waals surface area contributed by atoms with Gasteiger partial charge in [0, 0.05) is 38.4 Å². The summed E-state index contributed by atoms with van der Waals surface area (Å²) in [6.07, 6.45) is -1.39. The van der Waals surface area contributed by atoms with Crippen molar-refractivity contribution in [3.05, 3.63) is 71.0 Å². The molecule has 0 aliphatic rings. The minimum atomic E-state index is -1.55. The second-order valence-corrected chi connectivity index (χ2v) is 14.4. The number of carboxylic acid groups (broad SMARTS) is 1. The van der Waals surface area contributed by atoms with Crippen molar-refractivity contribution in [2.45, 2.75) is 91.2 Å². The lowest BCUT2D eigenvalue weighted by Gasteiger charge is -2.28. The molecule has 2 aromatic rings. The first-order valence-electron chi connectivity index (χ1n) is 18.1. The Morgan fingerprint density at radius 2 is 1.38 bits per heavy atom. The van der Waals surface area contributed by atoms with Crippen molar-refractivity contribution in [1.82, 2.24) is 15.5 Å². The molecule has 55 heavy (non-hydrogen) atoms. The fraction of sp³-hybridized carbons (Fsp3) is 0.564. The molecule has 0 unspecified atom stereocenters. The quantitative estimate of drug-likeness (QED) is 0.0758. The van der Waals surface area contributed by atoms with Crippen molar-refractivity contribution < 1.29 is 61.9 Å². The number of alkyl carbamates (subject to hydrolysis) is 2. The van der Waals surface area contributed by atoms with Gasteiger partial charge in [-0.15, -0.1) is 0 Å². The Kier molecular flexibility index (Phi) is 20.1. The van der Waals surface area contributed by atoms with Crippen LogP contribution < -0.4 is 10.6 Å². The van der Waals surface area contributed by atoms with Crippen LogP contribution in [0.2, 0.25) is 0 Å². The Morgan fingerprint density at radius 3 is 1.98 bits per heavy atom. The summed E-state index contributed by atoms with van der Waals surface area (Å²) in [7, 11) is 0. The molecule has 2 aromatic carbocycles. The van der Waals surface area contributed by atoms with Gasteiger partial charge in [-0.1, -0.05) is 30.3 Å². The van der Waals surface area contributed by atoms with E-state index in [2.05, 4.69) is 10.6 Å². The molecule has 0 spiro atoms. The third kappa shape index (κ3) is 21.0. The Balaban J connectivity index is 1.94. The molecule has 306 valence electrons. The fourth-order valence-electron chi connectivity index (χ4n) is 4.71. The predicted molar refractivity (Wildman–Crippen MR) is 199 cm³/mol. The molecule has 15 nitrogen and oxygen atoms in total. The number of carbonyl (C=O) groups excluding carboxylic acids is 4. The summed E-state index contributed by atoms with van der Waals surface area (Å²) in [4.78, 5) is 63.8. The number of carboxylic acids is 1. The van der Waals surface area contributed by atoms with Crippen LogP contribution in [0.4, 0.5) is 14.0 Å². The minimum Gasteiger partial charge on any atom is -0.481 e. The number of ether oxygens (including phenoxy) is 6. The van der Waals surface area contributed by atoms with Gasteiger partial charge in [-0.3, -0.25) is 9.59 Å². The topological polar surface area (TPSA) is 188 Å². The molecule has 0 heterocycles. The van der Waals surface area contributed by atoms with Crippen molar-refractivity contribution >= 4 is 30.0 Å². The molecule has 0 radical (unpaired) electrons. The maximum absolute atomic E-state index is 15.1. The van der Waals surface area contributed by atoms with Crippen LogP contribution in [0.1, 0.15) is 82.3 Å². The first kappa shape index (κ1) is 46.4. The van der Waals surface area contributed by atoms with Gasteiger partial charge in [0.15, 0.2) is 0 Å². The van der Waals surface area contributed by atoms with Gasteiger partial charge in [0.1, 0.15) is 29.7 Å². The summed E-state index contributed by atoms with van der Waals surface area (Å²) < 4.78 is 47.5. The SMILES string of the molecule is CC(C)(C)OC(=O)NCCCOCCOCCOCCCN(Cc1cc(C(=O)OC(C)(C)C)ccc1F)C(=O)[C@H](CC(=O)O)NC(=O)OCc1ccccc1. The molecule has 3 N–H and O–H groups in total. The summed E-state index contributed by atoms with van der Waals surface area (Å²) in [6.45, 7) is 12.2. The van der Waals surface area contributed by atoms with E-state index < -0.39 is 59.5 Å². The Hall–Kier alpha value is -4.80. The van der Waals surface area contributed by atoms with Gasteiger partial charge < -0.3 is 49.1 Å². The minimum absolute atomic E-state index is 0.0106. The smallest absolute Gasteiger partial charge is 0.408 e. The number of hydrogen-bond acceptors (Lipinski definition) is 11. The third-order valence-corrected chi connectivity index (χ3v) is 7.13. The van der Waals surface area contributed by atoms with Gasteiger partial charge >= 0.3 is 24.1 Å². The average molecular weight is 778 g/mol. The monoisotopic (exact) mass is 777 g/mol. The zero-order valence-electron chi connectivity index (χ0n) is 32.7. The number of aliphatic carboxylic acids is 1. The molecular weight excluding hydrogens is 721 g/mol. The molecule has 2 rings (SSSR count). The third-order valence-electron chi connectivity index (χ3n) is 7.13. The molecule has 1 atom stereocenters. The zero-order chi connectivity index (χ0) is 40.9. The normalized spacial score (nSPS) is 12.0. The molecule has 0 aliphatic carbocycles. The van der Waals surface area contributed by atoms with E-state index in [-0.39, 0.29) is 57.1 Å². The Bertz CT molecular complexity index is 1510. The van der Waals surface area contributed by atoms with Crippen molar-refractivity contribution in [3.63, 3.8) is 0 Å². The Morgan fingerprint density at radius 1 is 0.782 bits per heavy atom. The molecule has 0 aromatic heterocycles. The highest BCUT2D eigenvalue weighted by Crippen LogP contribution is 2.18. The number of nitrogens with zero attached hydrogens (tertiary/aromatic N) is 1. The number of benzene rings is 2. The van der Waals surface area contributed by atoms with Gasteiger partial charge in [0.25, 0.3) is 0 Å². The van der Waals surface area contributed by atoms with E-state index in [0.29, 0.717) is 38.3 Å². The first-order chi connectivity index (χ1) is 25.9. The molecule has 0 fully saturated rings. The van der Waals surface area contributed by atoms with Crippen LogP contribution in [0.15, 0.2) is 48.5 Å². The van der Waals surface area contributed by atoms with Gasteiger partial charge in [-0.25, -0.2) is 18.8 Å². The largest absolute Gasteiger partial charge is 0.481 e. The van der Waals surface area contributed by atoms with Crippen LogP contribution in [-0.2, 0) is 51.2 Å². The predicted octanol–water partition coefficient (Wildman–Crippen LogP) is 5.23. The van der Waals surface area contributed by atoms with Crippen LogP contribution in [-0.4, -0.2) is 110 Å². The highest BCUT2D eigenvalue weighted by atomic mass is 19.1. The lowest BCUT2D eigenvalue weighted by Crippen LogP contribution is -2.49. The molecule has 0 saturated carbocycles. The summed E-state index contributed by atoms with van der Waals surface area (Å²) in [5, 5.41) is 14.6. The van der Waals surface area contributed by atoms with E-state index in [9.17, 15) is 29.1 Å². The maximum Gasteiger partial charge on any atom is 0.408 e. The molecule has 16 heteroatoms. The van der Waals surface area contributed by atoms with E-state index in [1.165, 1.54) is 17.0 Å². The highest BCUT2D eigenvalue weighted by Gasteiger charge is 2.30. The van der Waals surface area contributed by atoms with Crippen molar-refractivity contribution in [3.8, 4) is 0 Å². The van der Waals surface area contributed by atoms with Gasteiger partial charge in [0.05, 0.1) is 38.4 Å². The van der Waals surface area contributed by atoms with E-state index in [0.717, 1.165) is 6.07 Å². The number of rotatable bonds is 23. The number of hydrogen-bond donors (Lipinski definition) is 3. The molecule has 0 saturated heterocycles. The molecular formula is C39H56FN3O12. The molecule has 0 aliphatic heterocycles.